The van der Waals surface area contributed by atoms with E-state index in [1.165, 1.54) is 6.07 Å². The lowest BCUT2D eigenvalue weighted by Crippen LogP contribution is -2.16. The van der Waals surface area contributed by atoms with Crippen molar-refractivity contribution in [3.8, 4) is 17.2 Å². The lowest BCUT2D eigenvalue weighted by atomic mass is 10.1. The van der Waals surface area contributed by atoms with Gasteiger partial charge in [-0.15, -0.1) is 11.3 Å². The second-order valence-electron chi connectivity index (χ2n) is 3.79. The number of nitrogens with zero attached hydrogens (tertiary/aromatic N) is 1. The molecule has 5 nitrogen and oxygen atoms in total. The van der Waals surface area contributed by atoms with Crippen LogP contribution in [0, 0.1) is 0 Å². The van der Waals surface area contributed by atoms with Crippen molar-refractivity contribution in [2.45, 2.75) is 13.0 Å². The molecule has 0 atom stereocenters. The van der Waals surface area contributed by atoms with Crippen molar-refractivity contribution in [1.29, 1.82) is 0 Å². The summed E-state index contributed by atoms with van der Waals surface area (Å²) in [6.45, 7) is 1.15. The minimum atomic E-state index is -0.478. The van der Waals surface area contributed by atoms with Crippen LogP contribution in [0.5, 0.6) is 17.2 Å². The van der Waals surface area contributed by atoms with Crippen molar-refractivity contribution in [3.63, 3.8) is 0 Å². The zero-order valence-corrected chi connectivity index (χ0v) is 10.4. The summed E-state index contributed by atoms with van der Waals surface area (Å²) in [4.78, 5) is 4.16. The number of aromatic nitrogens is 1. The van der Waals surface area contributed by atoms with Crippen molar-refractivity contribution >= 4 is 11.3 Å². The van der Waals surface area contributed by atoms with Crippen LogP contribution in [0.1, 0.15) is 10.6 Å². The molecule has 0 saturated carbocycles. The number of hydrogen-bond donors (Lipinski definition) is 4. The molecule has 0 fully saturated rings. The zero-order valence-electron chi connectivity index (χ0n) is 9.63. The number of phenols is 3. The van der Waals surface area contributed by atoms with Gasteiger partial charge in [-0.3, -0.25) is 0 Å². The number of nitrogens with one attached hydrogen (secondary N) is 1. The Morgan fingerprint density at radius 2 is 2.00 bits per heavy atom. The molecule has 18 heavy (non-hydrogen) atoms. The summed E-state index contributed by atoms with van der Waals surface area (Å²) in [5, 5.41) is 34.3. The highest BCUT2D eigenvalue weighted by Crippen LogP contribution is 2.36. The van der Waals surface area contributed by atoms with Crippen molar-refractivity contribution in [2.75, 3.05) is 6.54 Å². The molecule has 4 N–H and O–H groups in total. The Morgan fingerprint density at radius 3 is 2.72 bits per heavy atom. The van der Waals surface area contributed by atoms with Gasteiger partial charge < -0.3 is 20.6 Å². The van der Waals surface area contributed by atoms with E-state index in [-0.39, 0.29) is 11.5 Å². The maximum Gasteiger partial charge on any atom is 0.200 e. The quantitative estimate of drug-likeness (QED) is 0.488. The number of phenolic OH excluding ortho intramolecular Hbond substituents is 3. The second kappa shape index (κ2) is 5.70. The molecule has 1 aromatic carbocycles. The molecular formula is C12H14N2O3S. The monoisotopic (exact) mass is 266 g/mol. The van der Waals surface area contributed by atoms with E-state index in [0.717, 1.165) is 18.0 Å². The molecule has 0 amide bonds. The molecule has 2 rings (SSSR count). The highest BCUT2D eigenvalue weighted by molar-refractivity contribution is 7.09. The van der Waals surface area contributed by atoms with E-state index < -0.39 is 5.75 Å². The van der Waals surface area contributed by atoms with Crippen LogP contribution in [-0.4, -0.2) is 26.8 Å². The number of aromatic hydroxyl groups is 3. The molecule has 2 aromatic rings. The fraction of sp³-hybridized carbons (Fsp3) is 0.250. The number of rotatable bonds is 5. The molecule has 96 valence electrons. The summed E-state index contributed by atoms with van der Waals surface area (Å²) in [5.74, 6) is -1.08. The lowest BCUT2D eigenvalue weighted by molar-refractivity contribution is 0.364. The maximum atomic E-state index is 9.60. The van der Waals surface area contributed by atoms with E-state index in [1.54, 1.807) is 23.6 Å². The van der Waals surface area contributed by atoms with Gasteiger partial charge >= 0.3 is 0 Å². The molecule has 6 heteroatoms. The first kappa shape index (κ1) is 12.7. The SMILES string of the molecule is Oc1ccc(CNCCc2nccs2)c(O)c1O. The van der Waals surface area contributed by atoms with Gasteiger partial charge in [0.2, 0.25) is 5.75 Å². The van der Waals surface area contributed by atoms with Gasteiger partial charge in [-0.25, -0.2) is 4.98 Å². The Morgan fingerprint density at radius 1 is 1.17 bits per heavy atom. The van der Waals surface area contributed by atoms with Crippen LogP contribution in [0.2, 0.25) is 0 Å². The van der Waals surface area contributed by atoms with Crippen molar-refractivity contribution in [1.82, 2.24) is 10.3 Å². The minimum absolute atomic E-state index is 0.281. The first-order valence-electron chi connectivity index (χ1n) is 5.50. The summed E-state index contributed by atoms with van der Waals surface area (Å²) in [5.41, 5.74) is 0.546. The molecule has 0 spiro atoms. The van der Waals surface area contributed by atoms with Gasteiger partial charge in [0.15, 0.2) is 11.5 Å². The lowest BCUT2D eigenvalue weighted by Gasteiger charge is -2.08. The fourth-order valence-electron chi connectivity index (χ4n) is 1.55. The summed E-state index contributed by atoms with van der Waals surface area (Å²) >= 11 is 1.60. The second-order valence-corrected chi connectivity index (χ2v) is 4.77. The summed E-state index contributed by atoms with van der Waals surface area (Å²) in [6, 6.07) is 2.92. The van der Waals surface area contributed by atoms with Crippen molar-refractivity contribution < 1.29 is 15.3 Å². The molecule has 0 unspecified atom stereocenters. The first-order chi connectivity index (χ1) is 8.68. The van der Waals surface area contributed by atoms with Gasteiger partial charge in [-0.2, -0.15) is 0 Å². The molecule has 0 aliphatic heterocycles. The average molecular weight is 266 g/mol. The van der Waals surface area contributed by atoms with Crippen LogP contribution < -0.4 is 5.32 Å². The average Bonchev–Trinajstić information content (AvgIpc) is 2.87. The largest absolute Gasteiger partial charge is 0.504 e. The van der Waals surface area contributed by atoms with E-state index in [1.807, 2.05) is 5.38 Å². The van der Waals surface area contributed by atoms with Crippen LogP contribution in [0.25, 0.3) is 0 Å². The first-order valence-corrected chi connectivity index (χ1v) is 6.38. The molecule has 0 bridgehead atoms. The van der Waals surface area contributed by atoms with E-state index in [4.69, 9.17) is 0 Å². The molecule has 0 aliphatic rings. The normalized spacial score (nSPS) is 10.7. The predicted molar refractivity (Wildman–Crippen MR) is 69.0 cm³/mol. The van der Waals surface area contributed by atoms with Gasteiger partial charge in [-0.05, 0) is 6.07 Å². The Hall–Kier alpha value is -1.79. The van der Waals surface area contributed by atoms with Crippen LogP contribution in [0.3, 0.4) is 0 Å². The fourth-order valence-corrected chi connectivity index (χ4v) is 2.17. The summed E-state index contributed by atoms with van der Waals surface area (Å²) in [7, 11) is 0. The topological polar surface area (TPSA) is 85.6 Å². The molecule has 0 aliphatic carbocycles. The summed E-state index contributed by atoms with van der Waals surface area (Å²) in [6.07, 6.45) is 2.59. The Bertz CT molecular complexity index is 514. The van der Waals surface area contributed by atoms with E-state index in [2.05, 4.69) is 10.3 Å². The van der Waals surface area contributed by atoms with Gasteiger partial charge in [0, 0.05) is 36.7 Å². The maximum absolute atomic E-state index is 9.60. The zero-order chi connectivity index (χ0) is 13.0. The standard InChI is InChI=1S/C12H14N2O3S/c15-9-2-1-8(11(16)12(9)17)7-13-4-3-10-14-5-6-18-10/h1-2,5-6,13,15-17H,3-4,7H2. The van der Waals surface area contributed by atoms with E-state index in [9.17, 15) is 15.3 Å². The van der Waals surface area contributed by atoms with Crippen LogP contribution >= 0.6 is 11.3 Å². The van der Waals surface area contributed by atoms with Crippen molar-refractivity contribution in [2.24, 2.45) is 0 Å². The van der Waals surface area contributed by atoms with Gasteiger partial charge in [0.1, 0.15) is 0 Å². The minimum Gasteiger partial charge on any atom is -0.504 e. The predicted octanol–water partition coefficient (Wildman–Crippen LogP) is 1.59. The van der Waals surface area contributed by atoms with E-state index in [0.29, 0.717) is 12.1 Å². The highest BCUT2D eigenvalue weighted by atomic mass is 32.1. The molecule has 1 heterocycles. The third-order valence-corrected chi connectivity index (χ3v) is 3.37. The third kappa shape index (κ3) is 2.91. The Balaban J connectivity index is 1.85. The number of benzene rings is 1. The number of thiazole rings is 1. The summed E-state index contributed by atoms with van der Waals surface area (Å²) < 4.78 is 0. The van der Waals surface area contributed by atoms with Crippen molar-refractivity contribution in [3.05, 3.63) is 34.3 Å². The Kier molecular flexibility index (Phi) is 4.01. The Labute approximate surface area is 108 Å². The van der Waals surface area contributed by atoms with E-state index >= 15 is 0 Å². The highest BCUT2D eigenvalue weighted by Gasteiger charge is 2.10. The van der Waals surface area contributed by atoms with Gasteiger partial charge in [-0.1, -0.05) is 6.07 Å². The molecular weight excluding hydrogens is 252 g/mol. The van der Waals surface area contributed by atoms with Crippen LogP contribution in [-0.2, 0) is 13.0 Å². The van der Waals surface area contributed by atoms with Gasteiger partial charge in [0.05, 0.1) is 5.01 Å². The third-order valence-electron chi connectivity index (χ3n) is 2.53. The number of hydrogen-bond acceptors (Lipinski definition) is 6. The van der Waals surface area contributed by atoms with Gasteiger partial charge in [0.25, 0.3) is 0 Å². The smallest absolute Gasteiger partial charge is 0.200 e. The molecule has 1 aromatic heterocycles. The van der Waals surface area contributed by atoms with Crippen LogP contribution in [0.15, 0.2) is 23.7 Å². The molecule has 0 saturated heterocycles. The molecule has 0 radical (unpaired) electrons. The van der Waals surface area contributed by atoms with Crippen LogP contribution in [0.4, 0.5) is 0 Å².